The molecule has 3 heteroatoms. The van der Waals surface area contributed by atoms with Crippen molar-refractivity contribution in [1.82, 2.24) is 4.90 Å². The van der Waals surface area contributed by atoms with Gasteiger partial charge in [-0.1, -0.05) is 57.3 Å². The standard InChI is InChI=1S/C17H26N2S/c1-12(2)14-4-6-15(7-5-14)16(17(18)20)19-10-8-13(3)9-11-19/h4-7,12-13,16H,8-11H2,1-3H3,(H2,18,20). The van der Waals surface area contributed by atoms with Crippen LogP contribution in [-0.4, -0.2) is 23.0 Å². The number of rotatable bonds is 4. The van der Waals surface area contributed by atoms with Gasteiger partial charge in [0.2, 0.25) is 0 Å². The van der Waals surface area contributed by atoms with E-state index in [1.54, 1.807) is 0 Å². The second-order valence-electron chi connectivity index (χ2n) is 6.34. The van der Waals surface area contributed by atoms with Gasteiger partial charge in [-0.05, 0) is 48.9 Å². The van der Waals surface area contributed by atoms with Crippen molar-refractivity contribution in [3.8, 4) is 0 Å². The van der Waals surface area contributed by atoms with E-state index in [1.165, 1.54) is 24.0 Å². The van der Waals surface area contributed by atoms with Crippen LogP contribution in [0.4, 0.5) is 0 Å². The van der Waals surface area contributed by atoms with Crippen molar-refractivity contribution in [2.45, 2.75) is 45.6 Å². The molecule has 1 aromatic rings. The molecule has 0 bridgehead atoms. The second-order valence-corrected chi connectivity index (χ2v) is 6.82. The lowest BCUT2D eigenvalue weighted by Crippen LogP contribution is -2.41. The van der Waals surface area contributed by atoms with Gasteiger partial charge in [0, 0.05) is 0 Å². The average molecular weight is 290 g/mol. The Morgan fingerprint density at radius 3 is 2.10 bits per heavy atom. The van der Waals surface area contributed by atoms with Gasteiger partial charge in [0.05, 0.1) is 11.0 Å². The lowest BCUT2D eigenvalue weighted by molar-refractivity contribution is 0.171. The molecule has 1 aliphatic heterocycles. The fraction of sp³-hybridized carbons (Fsp3) is 0.588. The molecule has 2 nitrogen and oxygen atoms in total. The van der Waals surface area contributed by atoms with Gasteiger partial charge in [0.15, 0.2) is 0 Å². The van der Waals surface area contributed by atoms with Crippen molar-refractivity contribution in [2.24, 2.45) is 11.7 Å². The average Bonchev–Trinajstić information content (AvgIpc) is 2.41. The van der Waals surface area contributed by atoms with Crippen molar-refractivity contribution in [3.63, 3.8) is 0 Å². The highest BCUT2D eigenvalue weighted by molar-refractivity contribution is 7.80. The monoisotopic (exact) mass is 290 g/mol. The molecule has 0 aromatic heterocycles. The fourth-order valence-corrected chi connectivity index (χ4v) is 3.19. The largest absolute Gasteiger partial charge is 0.392 e. The lowest BCUT2D eigenvalue weighted by Gasteiger charge is -2.36. The topological polar surface area (TPSA) is 29.3 Å². The molecule has 0 spiro atoms. The molecule has 1 aromatic carbocycles. The molecule has 1 unspecified atom stereocenters. The smallest absolute Gasteiger partial charge is 0.0948 e. The summed E-state index contributed by atoms with van der Waals surface area (Å²) in [4.78, 5) is 3.03. The molecule has 2 rings (SSSR count). The highest BCUT2D eigenvalue weighted by Crippen LogP contribution is 2.28. The fourth-order valence-electron chi connectivity index (χ4n) is 2.90. The summed E-state index contributed by atoms with van der Waals surface area (Å²) in [6.07, 6.45) is 2.48. The van der Waals surface area contributed by atoms with Gasteiger partial charge in [-0.25, -0.2) is 0 Å². The third-order valence-electron chi connectivity index (χ3n) is 4.37. The van der Waals surface area contributed by atoms with Crippen molar-refractivity contribution < 1.29 is 0 Å². The van der Waals surface area contributed by atoms with Crippen molar-refractivity contribution in [1.29, 1.82) is 0 Å². The maximum absolute atomic E-state index is 6.02. The third kappa shape index (κ3) is 3.58. The maximum atomic E-state index is 6.02. The summed E-state index contributed by atoms with van der Waals surface area (Å²) >= 11 is 5.33. The first-order valence-electron chi connectivity index (χ1n) is 7.62. The Balaban J connectivity index is 2.18. The summed E-state index contributed by atoms with van der Waals surface area (Å²) in [6, 6.07) is 8.89. The number of nitrogens with zero attached hydrogens (tertiary/aromatic N) is 1. The highest BCUT2D eigenvalue weighted by atomic mass is 32.1. The number of nitrogens with two attached hydrogens (primary N) is 1. The minimum absolute atomic E-state index is 0.0960. The van der Waals surface area contributed by atoms with Crippen LogP contribution in [0.3, 0.4) is 0 Å². The minimum Gasteiger partial charge on any atom is -0.392 e. The van der Waals surface area contributed by atoms with E-state index >= 15 is 0 Å². The third-order valence-corrected chi connectivity index (χ3v) is 4.60. The Bertz CT molecular complexity index is 445. The zero-order chi connectivity index (χ0) is 14.7. The first-order valence-corrected chi connectivity index (χ1v) is 8.03. The van der Waals surface area contributed by atoms with E-state index in [-0.39, 0.29) is 6.04 Å². The summed E-state index contributed by atoms with van der Waals surface area (Å²) in [6.45, 7) is 8.94. The Labute approximate surface area is 128 Å². The van der Waals surface area contributed by atoms with Gasteiger partial charge >= 0.3 is 0 Å². The molecular weight excluding hydrogens is 264 g/mol. The maximum Gasteiger partial charge on any atom is 0.0948 e. The molecule has 0 aliphatic carbocycles. The van der Waals surface area contributed by atoms with Gasteiger partial charge in [0.1, 0.15) is 0 Å². The van der Waals surface area contributed by atoms with Gasteiger partial charge in [-0.2, -0.15) is 0 Å². The number of benzene rings is 1. The van der Waals surface area contributed by atoms with Crippen molar-refractivity contribution >= 4 is 17.2 Å². The summed E-state index contributed by atoms with van der Waals surface area (Å²) in [5.74, 6) is 1.38. The van der Waals surface area contributed by atoms with E-state index in [0.717, 1.165) is 19.0 Å². The Hall–Kier alpha value is -0.930. The van der Waals surface area contributed by atoms with Crippen LogP contribution in [0.5, 0.6) is 0 Å². The number of likely N-dealkylation sites (tertiary alicyclic amines) is 1. The molecule has 110 valence electrons. The molecule has 0 saturated carbocycles. The molecule has 20 heavy (non-hydrogen) atoms. The van der Waals surface area contributed by atoms with Crippen LogP contribution in [0.25, 0.3) is 0 Å². The SMILES string of the molecule is CC1CCN(C(C(N)=S)c2ccc(C(C)C)cc2)CC1. The quantitative estimate of drug-likeness (QED) is 0.854. The van der Waals surface area contributed by atoms with E-state index in [4.69, 9.17) is 18.0 Å². The number of piperidine rings is 1. The van der Waals surface area contributed by atoms with E-state index < -0.39 is 0 Å². The summed E-state index contributed by atoms with van der Waals surface area (Å²) < 4.78 is 0. The summed E-state index contributed by atoms with van der Waals surface area (Å²) in [5, 5.41) is 0. The van der Waals surface area contributed by atoms with Crippen LogP contribution in [0.2, 0.25) is 0 Å². The normalized spacial score (nSPS) is 19.2. The van der Waals surface area contributed by atoms with Gasteiger partial charge in [-0.15, -0.1) is 0 Å². The lowest BCUT2D eigenvalue weighted by atomic mass is 9.94. The number of hydrogen-bond acceptors (Lipinski definition) is 2. The summed E-state index contributed by atoms with van der Waals surface area (Å²) in [5.41, 5.74) is 8.62. The van der Waals surface area contributed by atoms with Crippen LogP contribution < -0.4 is 5.73 Å². The van der Waals surface area contributed by atoms with Crippen molar-refractivity contribution in [3.05, 3.63) is 35.4 Å². The van der Waals surface area contributed by atoms with E-state index in [1.807, 2.05) is 0 Å². The molecule has 1 aliphatic rings. The van der Waals surface area contributed by atoms with Crippen LogP contribution in [0.15, 0.2) is 24.3 Å². The van der Waals surface area contributed by atoms with Gasteiger partial charge < -0.3 is 5.73 Å². The Kier molecular flexibility index (Phi) is 5.17. The minimum atomic E-state index is 0.0960. The first-order chi connectivity index (χ1) is 9.49. The molecule has 0 radical (unpaired) electrons. The van der Waals surface area contributed by atoms with E-state index in [0.29, 0.717) is 10.9 Å². The van der Waals surface area contributed by atoms with Crippen LogP contribution >= 0.6 is 12.2 Å². The molecule has 1 atom stereocenters. The first kappa shape index (κ1) is 15.5. The molecule has 1 fully saturated rings. The number of thiocarbonyl (C=S) groups is 1. The Morgan fingerprint density at radius 2 is 1.65 bits per heavy atom. The molecule has 1 heterocycles. The van der Waals surface area contributed by atoms with E-state index in [9.17, 15) is 0 Å². The predicted octanol–water partition coefficient (Wildman–Crippen LogP) is 3.87. The molecular formula is C17H26N2S. The van der Waals surface area contributed by atoms with Gasteiger partial charge in [-0.3, -0.25) is 4.90 Å². The highest BCUT2D eigenvalue weighted by Gasteiger charge is 2.26. The summed E-state index contributed by atoms with van der Waals surface area (Å²) in [7, 11) is 0. The van der Waals surface area contributed by atoms with Crippen LogP contribution in [0.1, 0.15) is 56.7 Å². The molecule has 0 amide bonds. The molecule has 1 saturated heterocycles. The van der Waals surface area contributed by atoms with Crippen molar-refractivity contribution in [2.75, 3.05) is 13.1 Å². The van der Waals surface area contributed by atoms with Gasteiger partial charge in [0.25, 0.3) is 0 Å². The zero-order valence-electron chi connectivity index (χ0n) is 12.8. The second kappa shape index (κ2) is 6.68. The Morgan fingerprint density at radius 1 is 1.15 bits per heavy atom. The predicted molar refractivity (Wildman–Crippen MR) is 90.0 cm³/mol. The van der Waals surface area contributed by atoms with Crippen LogP contribution in [0, 0.1) is 5.92 Å². The number of hydrogen-bond donors (Lipinski definition) is 1. The van der Waals surface area contributed by atoms with E-state index in [2.05, 4.69) is 49.9 Å². The molecule has 2 N–H and O–H groups in total. The zero-order valence-corrected chi connectivity index (χ0v) is 13.6. The van der Waals surface area contributed by atoms with Crippen LogP contribution in [-0.2, 0) is 0 Å².